The molecule has 1 spiro atoms. The number of aryl methyl sites for hydroxylation is 1. The molecule has 7 nitrogen and oxygen atoms in total. The smallest absolute Gasteiger partial charge is 0.381 e. The molecule has 4 rings (SSSR count). The van der Waals surface area contributed by atoms with Gasteiger partial charge >= 0.3 is 12.2 Å². The number of imide groups is 1. The molecule has 0 N–H and O–H groups in total. The number of anilines is 1. The number of aromatic nitrogens is 1. The number of carbonyl (C=O) groups is 2. The van der Waals surface area contributed by atoms with Crippen LogP contribution in [0.3, 0.4) is 0 Å². The molecule has 3 fully saturated rings. The molecular formula is C22H29F3N4O3. The minimum absolute atomic E-state index is 0.0696. The van der Waals surface area contributed by atoms with E-state index in [0.717, 1.165) is 43.6 Å². The summed E-state index contributed by atoms with van der Waals surface area (Å²) in [5, 5.41) is 0. The number of pyridine rings is 1. The van der Waals surface area contributed by atoms with Crippen molar-refractivity contribution in [1.29, 1.82) is 0 Å². The Labute approximate surface area is 185 Å². The zero-order valence-corrected chi connectivity index (χ0v) is 18.5. The van der Waals surface area contributed by atoms with Gasteiger partial charge in [0.2, 0.25) is 0 Å². The summed E-state index contributed by atoms with van der Waals surface area (Å²) in [5.41, 5.74) is -2.08. The van der Waals surface area contributed by atoms with E-state index in [1.54, 1.807) is 6.92 Å². The number of likely N-dealkylation sites (tertiary alicyclic amines) is 1. The molecule has 1 aromatic heterocycles. The highest BCUT2D eigenvalue weighted by Crippen LogP contribution is 2.41. The fraction of sp³-hybridized carbons (Fsp3) is 0.682. The normalized spacial score (nSPS) is 22.9. The molecule has 0 aromatic carbocycles. The molecule has 0 aliphatic carbocycles. The number of nitrogens with zero attached hydrogens (tertiary/aromatic N) is 4. The van der Waals surface area contributed by atoms with Crippen LogP contribution in [0.15, 0.2) is 12.1 Å². The summed E-state index contributed by atoms with van der Waals surface area (Å²) in [6.45, 7) is 7.37. The number of amides is 3. The van der Waals surface area contributed by atoms with E-state index in [1.807, 2.05) is 0 Å². The number of halogens is 3. The quantitative estimate of drug-likeness (QED) is 0.652. The van der Waals surface area contributed by atoms with Gasteiger partial charge in [-0.2, -0.15) is 13.2 Å². The summed E-state index contributed by atoms with van der Waals surface area (Å²) < 4.78 is 45.3. The summed E-state index contributed by atoms with van der Waals surface area (Å²) in [4.78, 5) is 35.1. The average Bonchev–Trinajstić information content (AvgIpc) is 2.95. The van der Waals surface area contributed by atoms with Gasteiger partial charge in [0.25, 0.3) is 5.91 Å². The Kier molecular flexibility index (Phi) is 6.19. The topological polar surface area (TPSA) is 66.0 Å². The summed E-state index contributed by atoms with van der Waals surface area (Å²) in [5.74, 6) is 0.131. The molecule has 0 unspecified atom stereocenters. The number of rotatable bonds is 4. The van der Waals surface area contributed by atoms with Crippen molar-refractivity contribution in [1.82, 2.24) is 14.8 Å². The average molecular weight is 454 g/mol. The largest absolute Gasteiger partial charge is 0.433 e. The predicted molar refractivity (Wildman–Crippen MR) is 111 cm³/mol. The van der Waals surface area contributed by atoms with Crippen LogP contribution in [0.25, 0.3) is 0 Å². The summed E-state index contributed by atoms with van der Waals surface area (Å²) in [6.07, 6.45) is -1.67. The predicted octanol–water partition coefficient (Wildman–Crippen LogP) is 3.46. The van der Waals surface area contributed by atoms with E-state index >= 15 is 0 Å². The van der Waals surface area contributed by atoms with Gasteiger partial charge in [-0.3, -0.25) is 4.79 Å². The number of hydrogen-bond acceptors (Lipinski definition) is 5. The number of likely N-dealkylation sites (N-methyl/N-ethyl adjacent to an activating group) is 1. The van der Waals surface area contributed by atoms with Crippen molar-refractivity contribution < 1.29 is 27.5 Å². The molecule has 176 valence electrons. The van der Waals surface area contributed by atoms with Gasteiger partial charge in [-0.15, -0.1) is 0 Å². The Morgan fingerprint density at radius 3 is 2.41 bits per heavy atom. The van der Waals surface area contributed by atoms with E-state index in [-0.39, 0.29) is 11.4 Å². The maximum Gasteiger partial charge on any atom is 0.433 e. The van der Waals surface area contributed by atoms with Gasteiger partial charge in [-0.25, -0.2) is 14.7 Å². The molecule has 32 heavy (non-hydrogen) atoms. The van der Waals surface area contributed by atoms with E-state index in [2.05, 4.69) is 9.88 Å². The maximum absolute atomic E-state index is 13.6. The second-order valence-corrected chi connectivity index (χ2v) is 8.91. The zero-order valence-electron chi connectivity index (χ0n) is 18.5. The van der Waals surface area contributed by atoms with Crippen LogP contribution >= 0.6 is 0 Å². The number of ether oxygens (including phenoxy) is 1. The van der Waals surface area contributed by atoms with E-state index < -0.39 is 29.3 Å². The number of carbonyl (C=O) groups excluding carboxylic acids is 2. The minimum Gasteiger partial charge on any atom is -0.381 e. The number of urea groups is 1. The molecule has 3 saturated heterocycles. The second kappa shape index (κ2) is 8.62. The van der Waals surface area contributed by atoms with E-state index in [9.17, 15) is 22.8 Å². The van der Waals surface area contributed by atoms with Gasteiger partial charge in [-0.05, 0) is 57.6 Å². The molecule has 0 saturated carbocycles. The fourth-order valence-corrected chi connectivity index (χ4v) is 5.19. The Bertz CT molecular complexity index is 878. The van der Waals surface area contributed by atoms with Gasteiger partial charge in [0.15, 0.2) is 0 Å². The standard InChI is InChI=1S/C22H29F3N4O3/c1-3-28-20(31)29(17-12-15(2)26-18(13-17)22(23,24)25)19(30)21(28)6-8-27(9-7-21)14-16-4-10-32-11-5-16/h12-13,16H,3-11,14H2,1-2H3. The van der Waals surface area contributed by atoms with Crippen molar-refractivity contribution >= 4 is 17.6 Å². The van der Waals surface area contributed by atoms with Gasteiger partial charge in [0.05, 0.1) is 5.69 Å². The van der Waals surface area contributed by atoms with E-state index in [0.29, 0.717) is 38.4 Å². The lowest BCUT2D eigenvalue weighted by atomic mass is 9.85. The van der Waals surface area contributed by atoms with Crippen molar-refractivity contribution in [2.24, 2.45) is 5.92 Å². The van der Waals surface area contributed by atoms with E-state index in [1.165, 1.54) is 17.9 Å². The summed E-state index contributed by atoms with van der Waals surface area (Å²) in [7, 11) is 0. The van der Waals surface area contributed by atoms with Gasteiger partial charge < -0.3 is 14.5 Å². The van der Waals surface area contributed by atoms with Crippen molar-refractivity contribution in [3.63, 3.8) is 0 Å². The van der Waals surface area contributed by atoms with Crippen LogP contribution in [-0.2, 0) is 15.7 Å². The first kappa shape index (κ1) is 23.0. The lowest BCUT2D eigenvalue weighted by molar-refractivity contribution is -0.141. The molecule has 3 amide bonds. The van der Waals surface area contributed by atoms with Gasteiger partial charge in [0, 0.05) is 45.1 Å². The molecule has 0 radical (unpaired) electrons. The molecule has 1 aromatic rings. The van der Waals surface area contributed by atoms with Crippen LogP contribution in [0.5, 0.6) is 0 Å². The molecule has 10 heteroatoms. The van der Waals surface area contributed by atoms with Crippen LogP contribution in [0, 0.1) is 12.8 Å². The molecule has 3 aliphatic heterocycles. The fourth-order valence-electron chi connectivity index (χ4n) is 5.19. The third-order valence-electron chi connectivity index (χ3n) is 6.88. The lowest BCUT2D eigenvalue weighted by Gasteiger charge is -2.43. The first-order chi connectivity index (χ1) is 15.2. The van der Waals surface area contributed by atoms with Crippen LogP contribution in [0.2, 0.25) is 0 Å². The van der Waals surface area contributed by atoms with Crippen molar-refractivity contribution in [2.45, 2.75) is 51.2 Å². The number of hydrogen-bond donors (Lipinski definition) is 0. The monoisotopic (exact) mass is 454 g/mol. The first-order valence-electron chi connectivity index (χ1n) is 11.2. The van der Waals surface area contributed by atoms with Crippen molar-refractivity contribution in [3.8, 4) is 0 Å². The second-order valence-electron chi connectivity index (χ2n) is 8.91. The number of piperidine rings is 1. The summed E-state index contributed by atoms with van der Waals surface area (Å²) >= 11 is 0. The zero-order chi connectivity index (χ0) is 23.1. The third kappa shape index (κ3) is 4.10. The third-order valence-corrected chi connectivity index (χ3v) is 6.88. The van der Waals surface area contributed by atoms with Crippen LogP contribution < -0.4 is 4.90 Å². The van der Waals surface area contributed by atoms with Crippen molar-refractivity contribution in [3.05, 3.63) is 23.5 Å². The molecule has 3 aliphatic rings. The highest BCUT2D eigenvalue weighted by molar-refractivity contribution is 6.23. The summed E-state index contributed by atoms with van der Waals surface area (Å²) in [6, 6.07) is 1.59. The SMILES string of the molecule is CCN1C(=O)N(c2cc(C)nc(C(F)(F)F)c2)C(=O)C12CCN(CC1CCOCC1)CC2. The van der Waals surface area contributed by atoms with Gasteiger partial charge in [-0.1, -0.05) is 0 Å². The Hall–Kier alpha value is -2.20. The molecule has 0 atom stereocenters. The highest BCUT2D eigenvalue weighted by Gasteiger charge is 2.58. The minimum atomic E-state index is -4.66. The highest BCUT2D eigenvalue weighted by atomic mass is 19.4. The van der Waals surface area contributed by atoms with Crippen molar-refractivity contribution in [2.75, 3.05) is 44.3 Å². The molecule has 0 bridgehead atoms. The Morgan fingerprint density at radius 1 is 1.16 bits per heavy atom. The van der Waals surface area contributed by atoms with Crippen LogP contribution in [-0.4, -0.2) is 71.7 Å². The number of alkyl halides is 3. The Morgan fingerprint density at radius 2 is 1.81 bits per heavy atom. The first-order valence-corrected chi connectivity index (χ1v) is 11.2. The Balaban J connectivity index is 1.56. The maximum atomic E-state index is 13.6. The van der Waals surface area contributed by atoms with Gasteiger partial charge in [0.1, 0.15) is 11.2 Å². The van der Waals surface area contributed by atoms with Crippen LogP contribution in [0.4, 0.5) is 23.7 Å². The lowest BCUT2D eigenvalue weighted by Crippen LogP contribution is -2.57. The molecular weight excluding hydrogens is 425 g/mol. The van der Waals surface area contributed by atoms with Crippen LogP contribution in [0.1, 0.15) is 44.0 Å². The van der Waals surface area contributed by atoms with E-state index in [4.69, 9.17) is 4.74 Å². The molecule has 4 heterocycles.